The summed E-state index contributed by atoms with van der Waals surface area (Å²) in [4.78, 5) is 50.6. The van der Waals surface area contributed by atoms with Crippen molar-refractivity contribution < 1.29 is 28.8 Å². The Morgan fingerprint density at radius 3 is 2.38 bits per heavy atom. The molecule has 29 heavy (non-hydrogen) atoms. The van der Waals surface area contributed by atoms with E-state index in [-0.39, 0.29) is 34.7 Å². The topological polar surface area (TPSA) is 129 Å². The zero-order valence-corrected chi connectivity index (χ0v) is 16.8. The molecule has 2 aromatic rings. The second kappa shape index (κ2) is 8.68. The standard InChI is InChI=1S/C20H22N2O7/c1-6-28-20(25)16-11(3)17(21-12(16)4)18(23)13(5)29-19(24)14-8-7-9-15(10(14)2)22(26)27/h7-9,13,21H,6H2,1-5H3. The largest absolute Gasteiger partial charge is 0.462 e. The summed E-state index contributed by atoms with van der Waals surface area (Å²) in [6, 6.07) is 4.05. The summed E-state index contributed by atoms with van der Waals surface area (Å²) >= 11 is 0. The number of aryl methyl sites for hydroxylation is 1. The maximum absolute atomic E-state index is 12.8. The third-order valence-corrected chi connectivity index (χ3v) is 4.54. The molecule has 0 aliphatic heterocycles. The summed E-state index contributed by atoms with van der Waals surface area (Å²) in [5.74, 6) is -1.93. The van der Waals surface area contributed by atoms with Gasteiger partial charge in [-0.1, -0.05) is 6.07 Å². The zero-order valence-electron chi connectivity index (χ0n) is 16.8. The number of Topliss-reactive ketones (excluding diaryl/α,β-unsaturated/α-hetero) is 1. The van der Waals surface area contributed by atoms with Gasteiger partial charge in [-0.25, -0.2) is 9.59 Å². The van der Waals surface area contributed by atoms with Crippen LogP contribution in [0.5, 0.6) is 0 Å². The molecule has 9 nitrogen and oxygen atoms in total. The predicted octanol–water partition coefficient (Wildman–Crippen LogP) is 3.45. The van der Waals surface area contributed by atoms with Crippen LogP contribution in [0.1, 0.15) is 61.9 Å². The molecule has 1 unspecified atom stereocenters. The number of hydrogen-bond acceptors (Lipinski definition) is 7. The van der Waals surface area contributed by atoms with Gasteiger partial charge in [0.2, 0.25) is 5.78 Å². The zero-order chi connectivity index (χ0) is 21.9. The number of carbonyl (C=O) groups is 3. The number of ether oxygens (including phenoxy) is 2. The van der Waals surface area contributed by atoms with E-state index in [9.17, 15) is 24.5 Å². The molecule has 1 aromatic heterocycles. The van der Waals surface area contributed by atoms with Crippen LogP contribution in [0.25, 0.3) is 0 Å². The quantitative estimate of drug-likeness (QED) is 0.325. The van der Waals surface area contributed by atoms with Gasteiger partial charge in [0.25, 0.3) is 5.69 Å². The minimum Gasteiger partial charge on any atom is -0.462 e. The van der Waals surface area contributed by atoms with Gasteiger partial charge in [-0.2, -0.15) is 0 Å². The predicted molar refractivity (Wildman–Crippen MR) is 103 cm³/mol. The van der Waals surface area contributed by atoms with E-state index >= 15 is 0 Å². The van der Waals surface area contributed by atoms with Crippen LogP contribution in [0.2, 0.25) is 0 Å². The number of nitro benzene ring substituents is 1. The van der Waals surface area contributed by atoms with Crippen molar-refractivity contribution >= 4 is 23.4 Å². The lowest BCUT2D eigenvalue weighted by Crippen LogP contribution is -2.25. The van der Waals surface area contributed by atoms with Gasteiger partial charge in [-0.15, -0.1) is 0 Å². The molecule has 1 N–H and O–H groups in total. The van der Waals surface area contributed by atoms with E-state index in [0.717, 1.165) is 0 Å². The van der Waals surface area contributed by atoms with Crippen LogP contribution in [0, 0.1) is 30.9 Å². The molecular weight excluding hydrogens is 380 g/mol. The summed E-state index contributed by atoms with van der Waals surface area (Å²) < 4.78 is 10.2. The van der Waals surface area contributed by atoms with Gasteiger partial charge >= 0.3 is 11.9 Å². The number of benzene rings is 1. The maximum atomic E-state index is 12.8. The first-order valence-electron chi connectivity index (χ1n) is 8.95. The molecule has 2 rings (SSSR count). The third-order valence-electron chi connectivity index (χ3n) is 4.54. The Hall–Kier alpha value is -3.49. The van der Waals surface area contributed by atoms with Gasteiger partial charge in [-0.3, -0.25) is 14.9 Å². The molecule has 0 aliphatic rings. The highest BCUT2D eigenvalue weighted by atomic mass is 16.6. The molecule has 1 aromatic carbocycles. The molecule has 0 spiro atoms. The van der Waals surface area contributed by atoms with Crippen LogP contribution in [-0.2, 0) is 9.47 Å². The summed E-state index contributed by atoms with van der Waals surface area (Å²) in [5, 5.41) is 11.0. The highest BCUT2D eigenvalue weighted by molar-refractivity contribution is 6.04. The average molecular weight is 402 g/mol. The van der Waals surface area contributed by atoms with Gasteiger partial charge in [0.05, 0.1) is 28.4 Å². The Morgan fingerprint density at radius 2 is 1.79 bits per heavy atom. The number of esters is 2. The summed E-state index contributed by atoms with van der Waals surface area (Å²) in [6.07, 6.45) is -1.17. The lowest BCUT2D eigenvalue weighted by Gasteiger charge is -2.13. The van der Waals surface area contributed by atoms with Gasteiger partial charge in [0, 0.05) is 17.3 Å². The molecule has 9 heteroatoms. The highest BCUT2D eigenvalue weighted by Crippen LogP contribution is 2.24. The van der Waals surface area contributed by atoms with E-state index in [1.807, 2.05) is 0 Å². The second-order valence-electron chi connectivity index (χ2n) is 6.46. The number of hydrogen-bond donors (Lipinski definition) is 1. The van der Waals surface area contributed by atoms with Gasteiger partial charge in [0.1, 0.15) is 0 Å². The average Bonchev–Trinajstić information content (AvgIpc) is 2.95. The van der Waals surface area contributed by atoms with Crippen LogP contribution < -0.4 is 0 Å². The van der Waals surface area contributed by atoms with Crippen molar-refractivity contribution in [1.29, 1.82) is 0 Å². The van der Waals surface area contributed by atoms with Crippen LogP contribution in [0.15, 0.2) is 18.2 Å². The van der Waals surface area contributed by atoms with Crippen LogP contribution in [0.4, 0.5) is 5.69 Å². The minimum atomic E-state index is -1.17. The molecule has 1 atom stereocenters. The summed E-state index contributed by atoms with van der Waals surface area (Å²) in [7, 11) is 0. The first-order chi connectivity index (χ1) is 13.6. The molecular formula is C20H22N2O7. The number of carbonyl (C=O) groups excluding carboxylic acids is 3. The monoisotopic (exact) mass is 402 g/mol. The number of nitro groups is 1. The molecule has 0 saturated carbocycles. The van der Waals surface area contributed by atoms with E-state index in [0.29, 0.717) is 11.3 Å². The normalized spacial score (nSPS) is 11.6. The lowest BCUT2D eigenvalue weighted by molar-refractivity contribution is -0.385. The Balaban J connectivity index is 2.25. The number of rotatable bonds is 7. The van der Waals surface area contributed by atoms with Gasteiger partial charge in [-0.05, 0) is 46.2 Å². The minimum absolute atomic E-state index is 0.00505. The van der Waals surface area contributed by atoms with Gasteiger partial charge in [0.15, 0.2) is 6.10 Å². The molecule has 0 fully saturated rings. The van der Waals surface area contributed by atoms with Crippen LogP contribution in [-0.4, -0.2) is 40.3 Å². The van der Waals surface area contributed by atoms with E-state index in [1.54, 1.807) is 20.8 Å². The van der Waals surface area contributed by atoms with E-state index in [4.69, 9.17) is 9.47 Å². The summed E-state index contributed by atoms with van der Waals surface area (Å²) in [6.45, 7) is 7.95. The molecule has 0 radical (unpaired) electrons. The number of nitrogens with zero attached hydrogens (tertiary/aromatic N) is 1. The third kappa shape index (κ3) is 4.34. The Morgan fingerprint density at radius 1 is 1.14 bits per heavy atom. The number of nitrogens with one attached hydrogen (secondary N) is 1. The lowest BCUT2D eigenvalue weighted by atomic mass is 10.1. The Bertz CT molecular complexity index is 991. The fraction of sp³-hybridized carbons (Fsp3) is 0.350. The Kier molecular flexibility index (Phi) is 6.53. The summed E-state index contributed by atoms with van der Waals surface area (Å²) in [5.41, 5.74) is 1.22. The van der Waals surface area contributed by atoms with Crippen molar-refractivity contribution in [3.8, 4) is 0 Å². The highest BCUT2D eigenvalue weighted by Gasteiger charge is 2.28. The van der Waals surface area contributed by atoms with E-state index in [1.165, 1.54) is 32.0 Å². The molecule has 1 heterocycles. The SMILES string of the molecule is CCOC(=O)c1c(C)[nH]c(C(=O)C(C)OC(=O)c2cccc([N+](=O)[O-])c2C)c1C. The van der Waals surface area contributed by atoms with Crippen LogP contribution >= 0.6 is 0 Å². The Labute approximate surface area is 167 Å². The van der Waals surface area contributed by atoms with Crippen molar-refractivity contribution in [2.45, 2.75) is 40.7 Å². The first-order valence-corrected chi connectivity index (χ1v) is 8.95. The number of aromatic nitrogens is 1. The van der Waals surface area contributed by atoms with Crippen molar-refractivity contribution in [3.05, 3.63) is 62.0 Å². The smallest absolute Gasteiger partial charge is 0.340 e. The van der Waals surface area contributed by atoms with Crippen LogP contribution in [0.3, 0.4) is 0 Å². The van der Waals surface area contributed by atoms with E-state index < -0.39 is 28.7 Å². The van der Waals surface area contributed by atoms with Gasteiger partial charge < -0.3 is 14.5 Å². The maximum Gasteiger partial charge on any atom is 0.340 e. The second-order valence-corrected chi connectivity index (χ2v) is 6.46. The van der Waals surface area contributed by atoms with E-state index in [2.05, 4.69) is 4.98 Å². The molecule has 0 aliphatic carbocycles. The van der Waals surface area contributed by atoms with Crippen molar-refractivity contribution in [3.63, 3.8) is 0 Å². The van der Waals surface area contributed by atoms with Crippen molar-refractivity contribution in [1.82, 2.24) is 4.98 Å². The number of aromatic amines is 1. The van der Waals surface area contributed by atoms with Crippen molar-refractivity contribution in [2.75, 3.05) is 6.61 Å². The molecule has 0 amide bonds. The molecule has 154 valence electrons. The number of ketones is 1. The van der Waals surface area contributed by atoms with Crippen molar-refractivity contribution in [2.24, 2.45) is 0 Å². The first kappa shape index (κ1) is 21.8. The fourth-order valence-corrected chi connectivity index (χ4v) is 3.03. The number of H-pyrrole nitrogens is 1. The molecule has 0 bridgehead atoms. The molecule has 0 saturated heterocycles. The fourth-order valence-electron chi connectivity index (χ4n) is 3.03.